The Kier molecular flexibility index (Phi) is 11.7. The van der Waals surface area contributed by atoms with Crippen molar-refractivity contribution in [3.05, 3.63) is 0 Å². The summed E-state index contributed by atoms with van der Waals surface area (Å²) in [6.45, 7) is 9.28. The zero-order valence-electron chi connectivity index (χ0n) is 13.4. The highest BCUT2D eigenvalue weighted by atomic mass is 16.5. The minimum Gasteiger partial charge on any atom is -0.379 e. The van der Waals surface area contributed by atoms with Gasteiger partial charge in [0, 0.05) is 19.1 Å². The second-order valence-corrected chi connectivity index (χ2v) is 5.51. The van der Waals surface area contributed by atoms with Crippen molar-refractivity contribution in [3.8, 4) is 0 Å². The van der Waals surface area contributed by atoms with Crippen LogP contribution in [0.5, 0.6) is 0 Å². The largest absolute Gasteiger partial charge is 0.379 e. The van der Waals surface area contributed by atoms with E-state index in [4.69, 9.17) is 14.2 Å². The van der Waals surface area contributed by atoms with Gasteiger partial charge in [-0.05, 0) is 32.4 Å². The molecule has 0 aromatic heterocycles. The quantitative estimate of drug-likeness (QED) is 0.383. The molecule has 0 atom stereocenters. The van der Waals surface area contributed by atoms with E-state index in [1.807, 2.05) is 0 Å². The SMILES string of the molecule is CCCCOCCOCCOCCN1CCC(C=O)CC1. The molecule has 1 rings (SSSR count). The van der Waals surface area contributed by atoms with Gasteiger partial charge in [-0.15, -0.1) is 0 Å². The Hall–Kier alpha value is -0.490. The predicted octanol–water partition coefficient (Wildman–Crippen LogP) is 1.75. The highest BCUT2D eigenvalue weighted by molar-refractivity contribution is 5.53. The standard InChI is InChI=1S/C16H31NO4/c1-2-3-9-19-11-13-21-14-12-20-10-8-17-6-4-16(15-18)5-7-17/h15-16H,2-14H2,1H3. The molecule has 0 radical (unpaired) electrons. The third-order valence-corrected chi connectivity index (χ3v) is 3.76. The smallest absolute Gasteiger partial charge is 0.123 e. The fraction of sp³-hybridized carbons (Fsp3) is 0.938. The lowest BCUT2D eigenvalue weighted by atomic mass is 9.99. The van der Waals surface area contributed by atoms with Crippen LogP contribution in [0.3, 0.4) is 0 Å². The van der Waals surface area contributed by atoms with E-state index in [0.717, 1.165) is 58.4 Å². The second-order valence-electron chi connectivity index (χ2n) is 5.51. The van der Waals surface area contributed by atoms with Crippen molar-refractivity contribution >= 4 is 6.29 Å². The lowest BCUT2D eigenvalue weighted by molar-refractivity contribution is -0.112. The molecule has 1 fully saturated rings. The summed E-state index contributed by atoms with van der Waals surface area (Å²) in [5, 5.41) is 0. The number of hydrogen-bond donors (Lipinski definition) is 0. The zero-order chi connectivity index (χ0) is 15.2. The summed E-state index contributed by atoms with van der Waals surface area (Å²) in [5.74, 6) is 0.273. The molecule has 0 bridgehead atoms. The molecule has 5 nitrogen and oxygen atoms in total. The summed E-state index contributed by atoms with van der Waals surface area (Å²) in [5.41, 5.74) is 0. The molecule has 124 valence electrons. The number of nitrogens with zero attached hydrogens (tertiary/aromatic N) is 1. The summed E-state index contributed by atoms with van der Waals surface area (Å²) in [6.07, 6.45) is 5.36. The molecule has 5 heteroatoms. The minimum atomic E-state index is 0.273. The van der Waals surface area contributed by atoms with Crippen LogP contribution < -0.4 is 0 Å². The van der Waals surface area contributed by atoms with Crippen molar-refractivity contribution in [1.82, 2.24) is 4.90 Å². The molecule has 0 amide bonds. The van der Waals surface area contributed by atoms with Gasteiger partial charge in [-0.1, -0.05) is 13.3 Å². The maximum Gasteiger partial charge on any atom is 0.123 e. The fourth-order valence-corrected chi connectivity index (χ4v) is 2.29. The maximum absolute atomic E-state index is 10.7. The lowest BCUT2D eigenvalue weighted by Crippen LogP contribution is -2.36. The first-order chi connectivity index (χ1) is 10.4. The lowest BCUT2D eigenvalue weighted by Gasteiger charge is -2.29. The number of rotatable bonds is 13. The molecule has 0 saturated carbocycles. The van der Waals surface area contributed by atoms with Gasteiger partial charge in [-0.3, -0.25) is 0 Å². The second kappa shape index (κ2) is 13.2. The number of aldehydes is 1. The van der Waals surface area contributed by atoms with E-state index >= 15 is 0 Å². The van der Waals surface area contributed by atoms with Gasteiger partial charge in [0.2, 0.25) is 0 Å². The average molecular weight is 301 g/mol. The van der Waals surface area contributed by atoms with Crippen LogP contribution in [0.1, 0.15) is 32.6 Å². The molecule has 0 aromatic rings. The van der Waals surface area contributed by atoms with Crippen LogP contribution in [-0.4, -0.2) is 70.5 Å². The van der Waals surface area contributed by atoms with Gasteiger partial charge in [0.05, 0.1) is 33.0 Å². The van der Waals surface area contributed by atoms with E-state index in [1.165, 1.54) is 6.42 Å². The molecular formula is C16H31NO4. The average Bonchev–Trinajstić information content (AvgIpc) is 2.53. The first kappa shape index (κ1) is 18.6. The number of hydrogen-bond acceptors (Lipinski definition) is 5. The summed E-state index contributed by atoms with van der Waals surface area (Å²) in [7, 11) is 0. The third kappa shape index (κ3) is 9.96. The van der Waals surface area contributed by atoms with Crippen molar-refractivity contribution in [3.63, 3.8) is 0 Å². The Morgan fingerprint density at radius 2 is 1.52 bits per heavy atom. The number of piperidine rings is 1. The predicted molar refractivity (Wildman–Crippen MR) is 82.6 cm³/mol. The summed E-state index contributed by atoms with van der Waals surface area (Å²) < 4.78 is 16.4. The summed E-state index contributed by atoms with van der Waals surface area (Å²) in [4.78, 5) is 13.0. The maximum atomic E-state index is 10.7. The van der Waals surface area contributed by atoms with Crippen molar-refractivity contribution in [2.75, 3.05) is 59.3 Å². The molecule has 0 aromatic carbocycles. The molecule has 1 aliphatic heterocycles. The van der Waals surface area contributed by atoms with Gasteiger partial charge < -0.3 is 23.9 Å². The van der Waals surface area contributed by atoms with Gasteiger partial charge in [0.15, 0.2) is 0 Å². The van der Waals surface area contributed by atoms with Crippen molar-refractivity contribution in [2.24, 2.45) is 5.92 Å². The van der Waals surface area contributed by atoms with Gasteiger partial charge in [0.1, 0.15) is 6.29 Å². The topological polar surface area (TPSA) is 48.0 Å². The molecular weight excluding hydrogens is 270 g/mol. The number of carbonyl (C=O) groups is 1. The van der Waals surface area contributed by atoms with Gasteiger partial charge >= 0.3 is 0 Å². The van der Waals surface area contributed by atoms with Crippen LogP contribution in [0.4, 0.5) is 0 Å². The Morgan fingerprint density at radius 3 is 2.10 bits per heavy atom. The number of unbranched alkanes of at least 4 members (excludes halogenated alkanes) is 1. The normalized spacial score (nSPS) is 17.2. The van der Waals surface area contributed by atoms with Crippen molar-refractivity contribution < 1.29 is 19.0 Å². The molecule has 0 unspecified atom stereocenters. The van der Waals surface area contributed by atoms with Crippen LogP contribution in [0.25, 0.3) is 0 Å². The van der Waals surface area contributed by atoms with Crippen molar-refractivity contribution in [1.29, 1.82) is 0 Å². The van der Waals surface area contributed by atoms with E-state index in [2.05, 4.69) is 11.8 Å². The molecule has 0 spiro atoms. The molecule has 1 saturated heterocycles. The van der Waals surface area contributed by atoms with Crippen LogP contribution in [0.2, 0.25) is 0 Å². The Balaban J connectivity index is 1.78. The monoisotopic (exact) mass is 301 g/mol. The molecule has 0 aliphatic carbocycles. The van der Waals surface area contributed by atoms with Crippen LogP contribution in [-0.2, 0) is 19.0 Å². The number of likely N-dealkylation sites (tertiary alicyclic amines) is 1. The molecule has 1 heterocycles. The molecule has 21 heavy (non-hydrogen) atoms. The van der Waals surface area contributed by atoms with Crippen LogP contribution >= 0.6 is 0 Å². The minimum absolute atomic E-state index is 0.273. The Morgan fingerprint density at radius 1 is 0.952 bits per heavy atom. The van der Waals surface area contributed by atoms with Crippen molar-refractivity contribution in [2.45, 2.75) is 32.6 Å². The van der Waals surface area contributed by atoms with Gasteiger partial charge in [-0.25, -0.2) is 0 Å². The molecule has 1 aliphatic rings. The van der Waals surface area contributed by atoms with Gasteiger partial charge in [0.25, 0.3) is 0 Å². The highest BCUT2D eigenvalue weighted by Crippen LogP contribution is 2.14. The van der Waals surface area contributed by atoms with E-state index in [1.54, 1.807) is 0 Å². The highest BCUT2D eigenvalue weighted by Gasteiger charge is 2.17. The van der Waals surface area contributed by atoms with E-state index in [0.29, 0.717) is 26.4 Å². The third-order valence-electron chi connectivity index (χ3n) is 3.76. The fourth-order valence-electron chi connectivity index (χ4n) is 2.29. The molecule has 0 N–H and O–H groups in total. The van der Waals surface area contributed by atoms with Crippen LogP contribution in [0.15, 0.2) is 0 Å². The number of carbonyl (C=O) groups excluding carboxylic acids is 1. The summed E-state index contributed by atoms with van der Waals surface area (Å²) >= 11 is 0. The first-order valence-corrected chi connectivity index (χ1v) is 8.27. The summed E-state index contributed by atoms with van der Waals surface area (Å²) in [6, 6.07) is 0. The van der Waals surface area contributed by atoms with E-state index < -0.39 is 0 Å². The number of ether oxygens (including phenoxy) is 3. The first-order valence-electron chi connectivity index (χ1n) is 8.27. The van der Waals surface area contributed by atoms with Gasteiger partial charge in [-0.2, -0.15) is 0 Å². The van der Waals surface area contributed by atoms with E-state index in [-0.39, 0.29) is 5.92 Å². The Bertz CT molecular complexity index is 242. The Labute approximate surface area is 128 Å². The zero-order valence-corrected chi connectivity index (χ0v) is 13.4. The van der Waals surface area contributed by atoms with E-state index in [9.17, 15) is 4.79 Å². The van der Waals surface area contributed by atoms with Crippen LogP contribution in [0, 0.1) is 5.92 Å².